The molecule has 1 aromatic carbocycles. The Balaban J connectivity index is 2.15. The predicted molar refractivity (Wildman–Crippen MR) is 78.3 cm³/mol. The van der Waals surface area contributed by atoms with Crippen LogP contribution in [0.25, 0.3) is 0 Å². The average molecular weight is 277 g/mol. The summed E-state index contributed by atoms with van der Waals surface area (Å²) in [5.41, 5.74) is 2.64. The van der Waals surface area contributed by atoms with Crippen LogP contribution in [0.5, 0.6) is 5.75 Å². The van der Waals surface area contributed by atoms with Gasteiger partial charge in [0.25, 0.3) is 0 Å². The van der Waals surface area contributed by atoms with Crippen LogP contribution in [0.15, 0.2) is 18.2 Å². The molecule has 0 radical (unpaired) electrons. The predicted octanol–water partition coefficient (Wildman–Crippen LogP) is 2.35. The highest BCUT2D eigenvalue weighted by molar-refractivity contribution is 5.73. The maximum atomic E-state index is 11.3. The van der Waals surface area contributed by atoms with E-state index in [1.807, 2.05) is 24.9 Å². The minimum Gasteiger partial charge on any atom is -0.497 e. The number of rotatable bonds is 5. The molecule has 110 valence electrons. The average Bonchev–Trinajstić information content (AvgIpc) is 2.46. The highest BCUT2D eigenvalue weighted by Gasteiger charge is 2.29. The Morgan fingerprint density at radius 2 is 2.25 bits per heavy atom. The number of hydrogen-bond acceptors (Lipinski definition) is 3. The van der Waals surface area contributed by atoms with Gasteiger partial charge in [-0.05, 0) is 56.0 Å². The largest absolute Gasteiger partial charge is 0.497 e. The maximum Gasteiger partial charge on any atom is 0.320 e. The van der Waals surface area contributed by atoms with Gasteiger partial charge in [0.1, 0.15) is 11.8 Å². The number of hydrogen-bond donors (Lipinski definition) is 1. The van der Waals surface area contributed by atoms with Crippen LogP contribution in [0.1, 0.15) is 30.9 Å². The molecular formula is C16H23NO3. The van der Waals surface area contributed by atoms with Crippen molar-refractivity contribution in [2.24, 2.45) is 0 Å². The molecule has 0 aliphatic heterocycles. The molecule has 0 fully saturated rings. The van der Waals surface area contributed by atoms with Gasteiger partial charge >= 0.3 is 5.97 Å². The number of methoxy groups -OCH3 is 1. The van der Waals surface area contributed by atoms with Gasteiger partial charge in [0.2, 0.25) is 0 Å². The van der Waals surface area contributed by atoms with Crippen molar-refractivity contribution in [2.75, 3.05) is 14.2 Å². The lowest BCUT2D eigenvalue weighted by Crippen LogP contribution is -2.46. The third kappa shape index (κ3) is 2.96. The number of ether oxygens (including phenoxy) is 1. The summed E-state index contributed by atoms with van der Waals surface area (Å²) in [7, 11) is 3.60. The third-order valence-electron chi connectivity index (χ3n) is 4.36. The number of likely N-dealkylation sites (N-methyl/N-ethyl adjacent to an activating group) is 1. The van der Waals surface area contributed by atoms with Crippen molar-refractivity contribution in [1.29, 1.82) is 0 Å². The maximum absolute atomic E-state index is 11.3. The number of aliphatic carboxylic acids is 1. The van der Waals surface area contributed by atoms with Crippen molar-refractivity contribution < 1.29 is 14.6 Å². The Kier molecular flexibility index (Phi) is 4.65. The van der Waals surface area contributed by atoms with Crippen molar-refractivity contribution in [3.8, 4) is 5.75 Å². The second kappa shape index (κ2) is 6.27. The number of nitrogens with zero attached hydrogens (tertiary/aromatic N) is 1. The Bertz CT molecular complexity index is 487. The van der Waals surface area contributed by atoms with Gasteiger partial charge < -0.3 is 9.84 Å². The van der Waals surface area contributed by atoms with Gasteiger partial charge in [-0.15, -0.1) is 0 Å². The second-order valence-electron chi connectivity index (χ2n) is 5.46. The molecular weight excluding hydrogens is 254 g/mol. The smallest absolute Gasteiger partial charge is 0.320 e. The van der Waals surface area contributed by atoms with Crippen LogP contribution in [0.2, 0.25) is 0 Å². The summed E-state index contributed by atoms with van der Waals surface area (Å²) < 4.78 is 5.28. The van der Waals surface area contributed by atoms with E-state index in [2.05, 4.69) is 12.1 Å². The summed E-state index contributed by atoms with van der Waals surface area (Å²) >= 11 is 0. The van der Waals surface area contributed by atoms with Crippen molar-refractivity contribution in [3.63, 3.8) is 0 Å². The molecule has 2 atom stereocenters. The van der Waals surface area contributed by atoms with Gasteiger partial charge in [0.05, 0.1) is 7.11 Å². The first-order valence-corrected chi connectivity index (χ1v) is 7.17. The molecule has 20 heavy (non-hydrogen) atoms. The van der Waals surface area contributed by atoms with Crippen LogP contribution in [0, 0.1) is 0 Å². The van der Waals surface area contributed by atoms with Gasteiger partial charge in [0.15, 0.2) is 0 Å². The Morgan fingerprint density at radius 3 is 2.85 bits per heavy atom. The lowest BCUT2D eigenvalue weighted by Gasteiger charge is -2.35. The lowest BCUT2D eigenvalue weighted by molar-refractivity contribution is -0.143. The third-order valence-corrected chi connectivity index (χ3v) is 4.36. The SMILES string of the molecule is CCC(C(=O)O)N(C)C1CCc2ccc(OC)cc2C1. The highest BCUT2D eigenvalue weighted by atomic mass is 16.5. The van der Waals surface area contributed by atoms with Crippen LogP contribution in [-0.4, -0.2) is 42.2 Å². The fourth-order valence-corrected chi connectivity index (χ4v) is 3.08. The van der Waals surface area contributed by atoms with Crippen molar-refractivity contribution in [1.82, 2.24) is 4.90 Å². The van der Waals surface area contributed by atoms with Crippen LogP contribution in [-0.2, 0) is 17.6 Å². The summed E-state index contributed by atoms with van der Waals surface area (Å²) in [6.07, 6.45) is 3.55. The fraction of sp³-hybridized carbons (Fsp3) is 0.562. The highest BCUT2D eigenvalue weighted by Crippen LogP contribution is 2.28. The zero-order valence-corrected chi connectivity index (χ0v) is 12.4. The van der Waals surface area contributed by atoms with Gasteiger partial charge in [-0.1, -0.05) is 13.0 Å². The standard InChI is InChI=1S/C16H23NO3/c1-4-15(16(18)19)17(2)13-7-5-11-6-8-14(20-3)10-12(11)9-13/h6,8,10,13,15H,4-5,7,9H2,1-3H3,(H,18,19). The summed E-state index contributed by atoms with van der Waals surface area (Å²) in [6.45, 7) is 1.93. The van der Waals surface area contributed by atoms with E-state index in [9.17, 15) is 9.90 Å². The number of aryl methyl sites for hydroxylation is 1. The van der Waals surface area contributed by atoms with Crippen molar-refractivity contribution >= 4 is 5.97 Å². The number of carboxylic acids is 1. The first kappa shape index (κ1) is 14.9. The summed E-state index contributed by atoms with van der Waals surface area (Å²) in [6, 6.07) is 6.09. The van der Waals surface area contributed by atoms with E-state index in [1.54, 1.807) is 7.11 Å². The minimum atomic E-state index is -0.730. The van der Waals surface area contributed by atoms with E-state index in [-0.39, 0.29) is 6.04 Å². The molecule has 0 saturated carbocycles. The van der Waals surface area contributed by atoms with Crippen LogP contribution in [0.4, 0.5) is 0 Å². The molecule has 0 aromatic heterocycles. The number of carboxylic acid groups (broad SMARTS) is 1. The van der Waals surface area contributed by atoms with Crippen LogP contribution >= 0.6 is 0 Å². The molecule has 2 unspecified atom stereocenters. The van der Waals surface area contributed by atoms with E-state index < -0.39 is 12.0 Å². The molecule has 0 bridgehead atoms. The van der Waals surface area contributed by atoms with Crippen molar-refractivity contribution in [2.45, 2.75) is 44.7 Å². The molecule has 1 N–H and O–H groups in total. The molecule has 1 aliphatic rings. The minimum absolute atomic E-state index is 0.288. The molecule has 1 aliphatic carbocycles. The van der Waals surface area contributed by atoms with Gasteiger partial charge in [-0.25, -0.2) is 0 Å². The first-order chi connectivity index (χ1) is 9.56. The van der Waals surface area contributed by atoms with Gasteiger partial charge in [-0.2, -0.15) is 0 Å². The molecule has 1 aromatic rings. The number of fused-ring (bicyclic) bond motifs is 1. The summed E-state index contributed by atoms with van der Waals surface area (Å²) in [5, 5.41) is 9.29. The number of carbonyl (C=O) groups is 1. The molecule has 0 heterocycles. The first-order valence-electron chi connectivity index (χ1n) is 7.17. The van der Waals surface area contributed by atoms with E-state index in [0.717, 1.165) is 25.0 Å². The molecule has 0 spiro atoms. The second-order valence-corrected chi connectivity index (χ2v) is 5.46. The Hall–Kier alpha value is -1.55. The number of benzene rings is 1. The normalized spacial score (nSPS) is 19.5. The van der Waals surface area contributed by atoms with Crippen LogP contribution < -0.4 is 4.74 Å². The van der Waals surface area contributed by atoms with E-state index >= 15 is 0 Å². The molecule has 4 heteroatoms. The van der Waals surface area contributed by atoms with Crippen LogP contribution in [0.3, 0.4) is 0 Å². The summed E-state index contributed by atoms with van der Waals surface area (Å²) in [5.74, 6) is 0.142. The van der Waals surface area contributed by atoms with E-state index in [4.69, 9.17) is 4.74 Å². The summed E-state index contributed by atoms with van der Waals surface area (Å²) in [4.78, 5) is 13.3. The van der Waals surface area contributed by atoms with Crippen molar-refractivity contribution in [3.05, 3.63) is 29.3 Å². The quantitative estimate of drug-likeness (QED) is 0.897. The monoisotopic (exact) mass is 277 g/mol. The zero-order valence-electron chi connectivity index (χ0n) is 12.4. The molecule has 0 amide bonds. The lowest BCUT2D eigenvalue weighted by atomic mass is 9.87. The molecule has 2 rings (SSSR count). The van der Waals surface area contributed by atoms with Gasteiger partial charge in [0, 0.05) is 6.04 Å². The molecule has 4 nitrogen and oxygen atoms in total. The zero-order chi connectivity index (χ0) is 14.7. The molecule has 0 saturated heterocycles. The van der Waals surface area contributed by atoms with E-state index in [0.29, 0.717) is 6.42 Å². The topological polar surface area (TPSA) is 49.8 Å². The Labute approximate surface area is 120 Å². The Morgan fingerprint density at radius 1 is 1.50 bits per heavy atom. The van der Waals surface area contributed by atoms with E-state index in [1.165, 1.54) is 11.1 Å². The fourth-order valence-electron chi connectivity index (χ4n) is 3.08. The van der Waals surface area contributed by atoms with Gasteiger partial charge in [-0.3, -0.25) is 9.69 Å².